The molecule has 0 saturated heterocycles. The molecule has 0 atom stereocenters. The van der Waals surface area contributed by atoms with E-state index in [1.165, 1.54) is 0 Å². The summed E-state index contributed by atoms with van der Waals surface area (Å²) in [4.78, 5) is 20.0. The van der Waals surface area contributed by atoms with Gasteiger partial charge in [-0.05, 0) is 35.9 Å². The Morgan fingerprint density at radius 3 is 2.81 bits per heavy atom. The van der Waals surface area contributed by atoms with Crippen LogP contribution in [0, 0.1) is 0 Å². The van der Waals surface area contributed by atoms with Crippen LogP contribution in [0.25, 0.3) is 6.08 Å². The van der Waals surface area contributed by atoms with E-state index in [0.29, 0.717) is 15.6 Å². The minimum Gasteiger partial charge on any atom is -0.402 e. The predicted octanol–water partition coefficient (Wildman–Crippen LogP) is 3.73. The number of carbonyl (C=O) groups excluding carboxylic acids is 1. The van der Waals surface area contributed by atoms with Crippen LogP contribution < -0.4 is 0 Å². The number of cyclic esters (lactones) is 1. The first kappa shape index (κ1) is 13.8. The molecular formula is C15H8Cl2N2O2. The van der Waals surface area contributed by atoms with Gasteiger partial charge in [-0.25, -0.2) is 9.79 Å². The lowest BCUT2D eigenvalue weighted by atomic mass is 10.2. The molecule has 0 amide bonds. The SMILES string of the molecule is O=C1OC(c2cc(Cl)ccc2Cl)=NC1=Cc1cccnc1. The molecule has 2 heterocycles. The monoisotopic (exact) mass is 318 g/mol. The van der Waals surface area contributed by atoms with Crippen LogP contribution in [-0.2, 0) is 9.53 Å². The molecule has 1 aliphatic rings. The van der Waals surface area contributed by atoms with Crippen molar-refractivity contribution in [3.8, 4) is 0 Å². The van der Waals surface area contributed by atoms with Gasteiger partial charge >= 0.3 is 5.97 Å². The maximum atomic E-state index is 11.9. The molecule has 1 aromatic carbocycles. The van der Waals surface area contributed by atoms with Gasteiger partial charge in [0.1, 0.15) is 0 Å². The van der Waals surface area contributed by atoms with E-state index in [1.54, 1.807) is 42.7 Å². The van der Waals surface area contributed by atoms with Gasteiger partial charge in [0.2, 0.25) is 5.90 Å². The van der Waals surface area contributed by atoms with Crippen molar-refractivity contribution in [2.75, 3.05) is 0 Å². The van der Waals surface area contributed by atoms with Crippen LogP contribution in [0.15, 0.2) is 53.4 Å². The van der Waals surface area contributed by atoms with Gasteiger partial charge in [0.05, 0.1) is 10.6 Å². The van der Waals surface area contributed by atoms with Crippen molar-refractivity contribution in [2.24, 2.45) is 4.99 Å². The predicted molar refractivity (Wildman–Crippen MR) is 81.3 cm³/mol. The Labute approximate surface area is 130 Å². The van der Waals surface area contributed by atoms with Crippen LogP contribution in [0.2, 0.25) is 10.0 Å². The van der Waals surface area contributed by atoms with E-state index in [1.807, 2.05) is 6.07 Å². The Morgan fingerprint density at radius 2 is 2.05 bits per heavy atom. The van der Waals surface area contributed by atoms with Crippen molar-refractivity contribution in [3.05, 3.63) is 69.6 Å². The highest BCUT2D eigenvalue weighted by molar-refractivity contribution is 6.36. The third kappa shape index (κ3) is 2.96. The summed E-state index contributed by atoms with van der Waals surface area (Å²) in [5.74, 6) is -0.396. The van der Waals surface area contributed by atoms with Crippen LogP contribution in [-0.4, -0.2) is 16.9 Å². The summed E-state index contributed by atoms with van der Waals surface area (Å²) in [5, 5.41) is 0.895. The molecule has 0 saturated carbocycles. The Kier molecular flexibility index (Phi) is 3.73. The summed E-state index contributed by atoms with van der Waals surface area (Å²) >= 11 is 12.0. The first-order valence-electron chi connectivity index (χ1n) is 6.01. The van der Waals surface area contributed by atoms with E-state index in [-0.39, 0.29) is 11.6 Å². The molecule has 3 rings (SSSR count). The topological polar surface area (TPSA) is 51.5 Å². The summed E-state index contributed by atoms with van der Waals surface area (Å²) in [5.41, 5.74) is 1.42. The summed E-state index contributed by atoms with van der Waals surface area (Å²) < 4.78 is 5.15. The molecule has 2 aromatic rings. The molecule has 0 radical (unpaired) electrons. The number of benzene rings is 1. The van der Waals surface area contributed by atoms with Crippen molar-refractivity contribution in [1.82, 2.24) is 4.98 Å². The third-order valence-corrected chi connectivity index (χ3v) is 3.33. The number of aliphatic imine (C=N–C) groups is 1. The molecule has 0 unspecified atom stereocenters. The van der Waals surface area contributed by atoms with Crippen LogP contribution in [0.4, 0.5) is 0 Å². The molecule has 1 aliphatic heterocycles. The summed E-state index contributed by atoms with van der Waals surface area (Å²) in [6.45, 7) is 0. The lowest BCUT2D eigenvalue weighted by molar-refractivity contribution is -0.129. The number of rotatable bonds is 2. The Morgan fingerprint density at radius 1 is 1.19 bits per heavy atom. The fraction of sp³-hybridized carbons (Fsp3) is 0. The van der Waals surface area contributed by atoms with Gasteiger partial charge in [-0.3, -0.25) is 4.98 Å². The number of halogens is 2. The van der Waals surface area contributed by atoms with E-state index in [4.69, 9.17) is 27.9 Å². The second kappa shape index (κ2) is 5.68. The minimum atomic E-state index is -0.537. The summed E-state index contributed by atoms with van der Waals surface area (Å²) in [6, 6.07) is 8.46. The lowest BCUT2D eigenvalue weighted by Crippen LogP contribution is -2.06. The van der Waals surface area contributed by atoms with Gasteiger partial charge in [-0.15, -0.1) is 0 Å². The number of aromatic nitrogens is 1. The summed E-state index contributed by atoms with van der Waals surface area (Å²) in [6.07, 6.45) is 4.87. The number of ether oxygens (including phenoxy) is 1. The van der Waals surface area contributed by atoms with Gasteiger partial charge in [0.25, 0.3) is 0 Å². The molecule has 1 aromatic heterocycles. The van der Waals surface area contributed by atoms with Gasteiger partial charge in [-0.2, -0.15) is 0 Å². The standard InChI is InChI=1S/C15H8Cl2N2O2/c16-10-3-4-12(17)11(7-10)14-19-13(15(20)21-14)6-9-2-1-5-18-8-9/h1-8H. The Hall–Kier alpha value is -2.17. The highest BCUT2D eigenvalue weighted by Gasteiger charge is 2.25. The quantitative estimate of drug-likeness (QED) is 0.626. The summed E-state index contributed by atoms with van der Waals surface area (Å²) in [7, 11) is 0. The number of hydrogen-bond donors (Lipinski definition) is 0. The Bertz CT molecular complexity index is 770. The van der Waals surface area contributed by atoms with E-state index in [9.17, 15) is 4.79 Å². The highest BCUT2D eigenvalue weighted by Crippen LogP contribution is 2.26. The second-order valence-corrected chi connectivity index (χ2v) is 5.09. The zero-order valence-electron chi connectivity index (χ0n) is 10.6. The molecule has 0 aliphatic carbocycles. The van der Waals surface area contributed by atoms with Crippen LogP contribution >= 0.6 is 23.2 Å². The van der Waals surface area contributed by atoms with Crippen LogP contribution in [0.3, 0.4) is 0 Å². The van der Waals surface area contributed by atoms with Gasteiger partial charge in [0.15, 0.2) is 5.70 Å². The maximum Gasteiger partial charge on any atom is 0.363 e. The molecular weight excluding hydrogens is 311 g/mol. The van der Waals surface area contributed by atoms with E-state index in [0.717, 1.165) is 5.56 Å². The van der Waals surface area contributed by atoms with Crippen molar-refractivity contribution in [2.45, 2.75) is 0 Å². The van der Waals surface area contributed by atoms with Gasteiger partial charge in [0, 0.05) is 17.4 Å². The minimum absolute atomic E-state index is 0.141. The zero-order chi connectivity index (χ0) is 14.8. The first-order chi connectivity index (χ1) is 10.1. The van der Waals surface area contributed by atoms with Crippen molar-refractivity contribution < 1.29 is 9.53 Å². The van der Waals surface area contributed by atoms with E-state index >= 15 is 0 Å². The second-order valence-electron chi connectivity index (χ2n) is 4.25. The maximum absolute atomic E-state index is 11.9. The largest absolute Gasteiger partial charge is 0.402 e. The number of hydrogen-bond acceptors (Lipinski definition) is 4. The molecule has 0 fully saturated rings. The van der Waals surface area contributed by atoms with Gasteiger partial charge < -0.3 is 4.74 Å². The normalized spacial score (nSPS) is 16.0. The average molecular weight is 319 g/mol. The van der Waals surface area contributed by atoms with E-state index < -0.39 is 5.97 Å². The van der Waals surface area contributed by atoms with Gasteiger partial charge in [-0.1, -0.05) is 29.3 Å². The van der Waals surface area contributed by atoms with Crippen LogP contribution in [0.1, 0.15) is 11.1 Å². The number of carbonyl (C=O) groups is 1. The molecule has 6 heteroatoms. The molecule has 0 spiro atoms. The number of nitrogens with zero attached hydrogens (tertiary/aromatic N) is 2. The zero-order valence-corrected chi connectivity index (χ0v) is 12.1. The van der Waals surface area contributed by atoms with Crippen LogP contribution in [0.5, 0.6) is 0 Å². The van der Waals surface area contributed by atoms with Crippen molar-refractivity contribution in [1.29, 1.82) is 0 Å². The average Bonchev–Trinajstić information content (AvgIpc) is 2.84. The number of esters is 1. The van der Waals surface area contributed by atoms with Crippen molar-refractivity contribution >= 4 is 41.1 Å². The molecule has 0 N–H and O–H groups in total. The van der Waals surface area contributed by atoms with Crippen molar-refractivity contribution in [3.63, 3.8) is 0 Å². The van der Waals surface area contributed by atoms with E-state index in [2.05, 4.69) is 9.98 Å². The lowest BCUT2D eigenvalue weighted by Gasteiger charge is -2.02. The third-order valence-electron chi connectivity index (χ3n) is 2.77. The molecule has 104 valence electrons. The molecule has 21 heavy (non-hydrogen) atoms. The Balaban J connectivity index is 1.99. The number of pyridine rings is 1. The molecule has 0 bridgehead atoms. The first-order valence-corrected chi connectivity index (χ1v) is 6.77. The fourth-order valence-corrected chi connectivity index (χ4v) is 2.18. The highest BCUT2D eigenvalue weighted by atomic mass is 35.5. The fourth-order valence-electron chi connectivity index (χ4n) is 1.80. The smallest absolute Gasteiger partial charge is 0.363 e. The molecule has 4 nitrogen and oxygen atoms in total.